The van der Waals surface area contributed by atoms with E-state index in [0.29, 0.717) is 6.10 Å². The lowest BCUT2D eigenvalue weighted by molar-refractivity contribution is 0.0289. The van der Waals surface area contributed by atoms with Gasteiger partial charge in [0.05, 0.1) is 18.2 Å². The number of benzene rings is 1. The fraction of sp³-hybridized carbons (Fsp3) is 0.467. The molecule has 0 bridgehead atoms. The summed E-state index contributed by atoms with van der Waals surface area (Å²) >= 11 is 0. The van der Waals surface area contributed by atoms with Gasteiger partial charge in [-0.1, -0.05) is 18.2 Å². The molecule has 1 N–H and O–H groups in total. The van der Waals surface area contributed by atoms with Crippen molar-refractivity contribution >= 4 is 11.0 Å². The summed E-state index contributed by atoms with van der Waals surface area (Å²) in [5.41, 5.74) is 0.943. The Morgan fingerprint density at radius 2 is 2.11 bits per heavy atom. The third-order valence-corrected chi connectivity index (χ3v) is 3.70. The molecule has 3 heteroatoms. The first kappa shape index (κ1) is 11.8. The van der Waals surface area contributed by atoms with Crippen molar-refractivity contribution in [2.24, 2.45) is 0 Å². The Morgan fingerprint density at radius 1 is 1.28 bits per heavy atom. The summed E-state index contributed by atoms with van der Waals surface area (Å²) in [6.07, 6.45) is 2.79. The van der Waals surface area contributed by atoms with Crippen molar-refractivity contribution in [1.29, 1.82) is 0 Å². The zero-order chi connectivity index (χ0) is 12.5. The number of hydrogen-bond donors (Lipinski definition) is 1. The second-order valence-corrected chi connectivity index (χ2v) is 5.02. The molecule has 1 aliphatic heterocycles. The minimum atomic E-state index is 0.141. The highest BCUT2D eigenvalue weighted by atomic mass is 16.5. The molecular weight excluding hydrogens is 226 g/mol. The van der Waals surface area contributed by atoms with E-state index in [1.54, 1.807) is 0 Å². The predicted octanol–water partition coefficient (Wildman–Crippen LogP) is 3.26. The molecule has 3 nitrogen and oxygen atoms in total. The average Bonchev–Trinajstić information content (AvgIpc) is 2.96. The van der Waals surface area contributed by atoms with Crippen LogP contribution in [0.3, 0.4) is 0 Å². The number of nitrogens with one attached hydrogen (secondary N) is 1. The van der Waals surface area contributed by atoms with E-state index in [0.717, 1.165) is 29.6 Å². The first-order valence-corrected chi connectivity index (χ1v) is 6.59. The standard InChI is InChI=1S/C15H19NO2/c1-10-7-8-13(17-10)15(16-2)14-9-11-5-3-4-6-12(11)18-14/h3-6,9-10,13,15-16H,7-8H2,1-2H3. The highest BCUT2D eigenvalue weighted by molar-refractivity contribution is 5.77. The topological polar surface area (TPSA) is 34.4 Å². The summed E-state index contributed by atoms with van der Waals surface area (Å²) in [7, 11) is 1.96. The minimum absolute atomic E-state index is 0.141. The van der Waals surface area contributed by atoms with Gasteiger partial charge in [0.1, 0.15) is 11.3 Å². The van der Waals surface area contributed by atoms with Gasteiger partial charge in [-0.2, -0.15) is 0 Å². The van der Waals surface area contributed by atoms with E-state index in [9.17, 15) is 0 Å². The van der Waals surface area contributed by atoms with E-state index >= 15 is 0 Å². The maximum atomic E-state index is 5.94. The Hall–Kier alpha value is -1.32. The number of furan rings is 1. The lowest BCUT2D eigenvalue weighted by atomic mass is 10.0. The van der Waals surface area contributed by atoms with Crippen LogP contribution in [0.15, 0.2) is 34.7 Å². The van der Waals surface area contributed by atoms with Crippen LogP contribution in [-0.2, 0) is 4.74 Å². The average molecular weight is 245 g/mol. The van der Waals surface area contributed by atoms with Gasteiger partial charge in [0.2, 0.25) is 0 Å². The molecule has 1 fully saturated rings. The molecule has 0 spiro atoms. The summed E-state index contributed by atoms with van der Waals surface area (Å²) in [5.74, 6) is 0.970. The zero-order valence-corrected chi connectivity index (χ0v) is 10.8. The Labute approximate surface area is 107 Å². The van der Waals surface area contributed by atoms with Crippen LogP contribution >= 0.6 is 0 Å². The number of para-hydroxylation sites is 1. The van der Waals surface area contributed by atoms with Crippen LogP contribution in [0.5, 0.6) is 0 Å². The smallest absolute Gasteiger partial charge is 0.134 e. The summed E-state index contributed by atoms with van der Waals surface area (Å²) in [5, 5.41) is 4.47. The maximum absolute atomic E-state index is 5.94. The molecule has 1 saturated heterocycles. The number of ether oxygens (including phenoxy) is 1. The number of rotatable bonds is 3. The fourth-order valence-electron chi connectivity index (χ4n) is 2.75. The molecule has 1 aromatic carbocycles. The third-order valence-electron chi connectivity index (χ3n) is 3.70. The van der Waals surface area contributed by atoms with Crippen molar-refractivity contribution in [3.05, 3.63) is 36.1 Å². The maximum Gasteiger partial charge on any atom is 0.134 e. The first-order valence-electron chi connectivity index (χ1n) is 6.59. The Bertz CT molecular complexity index is 501. The van der Waals surface area contributed by atoms with Gasteiger partial charge in [0.15, 0.2) is 0 Å². The molecule has 0 amide bonds. The number of fused-ring (bicyclic) bond motifs is 1. The van der Waals surface area contributed by atoms with E-state index in [-0.39, 0.29) is 12.1 Å². The van der Waals surface area contributed by atoms with Gasteiger partial charge in [-0.15, -0.1) is 0 Å². The van der Waals surface area contributed by atoms with Crippen molar-refractivity contribution < 1.29 is 9.15 Å². The Balaban J connectivity index is 1.91. The summed E-state index contributed by atoms with van der Waals surface area (Å²) in [4.78, 5) is 0. The minimum Gasteiger partial charge on any atom is -0.459 e. The fourth-order valence-corrected chi connectivity index (χ4v) is 2.75. The van der Waals surface area contributed by atoms with E-state index < -0.39 is 0 Å². The molecule has 1 aliphatic rings. The van der Waals surface area contributed by atoms with Crippen LogP contribution in [0.4, 0.5) is 0 Å². The molecule has 2 aromatic rings. The highest BCUT2D eigenvalue weighted by Gasteiger charge is 2.31. The van der Waals surface area contributed by atoms with Gasteiger partial charge in [0, 0.05) is 5.39 Å². The quantitative estimate of drug-likeness (QED) is 0.901. The number of likely N-dealkylation sites (N-methyl/N-ethyl adjacent to an activating group) is 1. The molecule has 96 valence electrons. The molecule has 3 atom stereocenters. The van der Waals surface area contributed by atoms with E-state index in [1.165, 1.54) is 0 Å². The van der Waals surface area contributed by atoms with Gasteiger partial charge in [-0.3, -0.25) is 0 Å². The van der Waals surface area contributed by atoms with Crippen molar-refractivity contribution in [1.82, 2.24) is 5.32 Å². The second kappa shape index (κ2) is 4.75. The largest absolute Gasteiger partial charge is 0.459 e. The molecule has 3 unspecified atom stereocenters. The van der Waals surface area contributed by atoms with E-state index in [1.807, 2.05) is 25.2 Å². The van der Waals surface area contributed by atoms with Gasteiger partial charge in [0.25, 0.3) is 0 Å². The van der Waals surface area contributed by atoms with Crippen LogP contribution in [0.25, 0.3) is 11.0 Å². The van der Waals surface area contributed by atoms with Crippen molar-refractivity contribution in [2.75, 3.05) is 7.05 Å². The van der Waals surface area contributed by atoms with Crippen LogP contribution in [0.1, 0.15) is 31.6 Å². The summed E-state index contributed by atoms with van der Waals surface area (Å²) < 4.78 is 11.9. The van der Waals surface area contributed by atoms with Gasteiger partial charge in [-0.05, 0) is 38.9 Å². The summed E-state index contributed by atoms with van der Waals surface area (Å²) in [6, 6.07) is 10.4. The van der Waals surface area contributed by atoms with Crippen LogP contribution in [-0.4, -0.2) is 19.3 Å². The molecule has 0 saturated carbocycles. The molecule has 1 aromatic heterocycles. The van der Waals surface area contributed by atoms with Gasteiger partial charge >= 0.3 is 0 Å². The van der Waals surface area contributed by atoms with Gasteiger partial charge in [-0.25, -0.2) is 0 Å². The van der Waals surface area contributed by atoms with Crippen molar-refractivity contribution in [2.45, 2.75) is 38.0 Å². The highest BCUT2D eigenvalue weighted by Crippen LogP contribution is 2.32. The molecule has 2 heterocycles. The Kier molecular flexibility index (Phi) is 3.10. The zero-order valence-electron chi connectivity index (χ0n) is 10.8. The predicted molar refractivity (Wildman–Crippen MR) is 71.6 cm³/mol. The molecule has 0 radical (unpaired) electrons. The van der Waals surface area contributed by atoms with Crippen molar-refractivity contribution in [3.8, 4) is 0 Å². The van der Waals surface area contributed by atoms with E-state index in [2.05, 4.69) is 24.4 Å². The SMILES string of the molecule is CNC(c1cc2ccccc2o1)C1CCC(C)O1. The van der Waals surface area contributed by atoms with Crippen molar-refractivity contribution in [3.63, 3.8) is 0 Å². The molecule has 0 aliphatic carbocycles. The van der Waals surface area contributed by atoms with Crippen LogP contribution < -0.4 is 5.32 Å². The van der Waals surface area contributed by atoms with Crippen LogP contribution in [0.2, 0.25) is 0 Å². The molecular formula is C15H19NO2. The normalized spacial score (nSPS) is 25.7. The van der Waals surface area contributed by atoms with Crippen LogP contribution in [0, 0.1) is 0 Å². The first-order chi connectivity index (χ1) is 8.78. The number of hydrogen-bond acceptors (Lipinski definition) is 3. The van der Waals surface area contributed by atoms with Gasteiger partial charge < -0.3 is 14.5 Å². The molecule has 3 rings (SSSR count). The summed E-state index contributed by atoms with van der Waals surface area (Å²) in [6.45, 7) is 2.13. The third kappa shape index (κ3) is 2.04. The lowest BCUT2D eigenvalue weighted by Gasteiger charge is -2.20. The Morgan fingerprint density at radius 3 is 2.78 bits per heavy atom. The van der Waals surface area contributed by atoms with E-state index in [4.69, 9.17) is 9.15 Å². The molecule has 18 heavy (non-hydrogen) atoms. The monoisotopic (exact) mass is 245 g/mol. The second-order valence-electron chi connectivity index (χ2n) is 5.02. The lowest BCUT2D eigenvalue weighted by Crippen LogP contribution is -2.29.